The average molecular weight is 447 g/mol. The Balaban J connectivity index is 1.47. The molecular weight excluding hydrogens is 420 g/mol. The van der Waals surface area contributed by atoms with Gasteiger partial charge in [-0.2, -0.15) is 0 Å². The molecule has 0 bridgehead atoms. The molecular formula is C24H26N6O3. The summed E-state index contributed by atoms with van der Waals surface area (Å²) in [5.41, 5.74) is 8.09. The van der Waals surface area contributed by atoms with Crippen molar-refractivity contribution in [1.82, 2.24) is 14.9 Å². The molecule has 4 aromatic rings. The fraction of sp³-hybridized carbons (Fsp3) is 0.292. The second kappa shape index (κ2) is 8.59. The molecule has 2 aromatic heterocycles. The molecule has 1 aliphatic heterocycles. The zero-order chi connectivity index (χ0) is 22.9. The summed E-state index contributed by atoms with van der Waals surface area (Å²) in [4.78, 5) is 31.5. The van der Waals surface area contributed by atoms with Crippen molar-refractivity contribution in [3.8, 4) is 0 Å². The van der Waals surface area contributed by atoms with Crippen molar-refractivity contribution in [3.05, 3.63) is 64.6 Å². The van der Waals surface area contributed by atoms with Crippen LogP contribution in [0, 0.1) is 0 Å². The molecule has 170 valence electrons. The van der Waals surface area contributed by atoms with Gasteiger partial charge in [-0.25, -0.2) is 4.98 Å². The first-order valence-corrected chi connectivity index (χ1v) is 11.0. The second-order valence-electron chi connectivity index (χ2n) is 8.29. The number of benzene rings is 2. The molecule has 9 heteroatoms. The van der Waals surface area contributed by atoms with E-state index in [1.165, 1.54) is 4.57 Å². The largest absolute Gasteiger partial charge is 0.456 e. The topological polar surface area (TPSA) is 118 Å². The van der Waals surface area contributed by atoms with Gasteiger partial charge in [-0.1, -0.05) is 24.3 Å². The minimum atomic E-state index is -0.585. The van der Waals surface area contributed by atoms with Crippen LogP contribution in [-0.4, -0.2) is 41.6 Å². The summed E-state index contributed by atoms with van der Waals surface area (Å²) in [5.74, 6) is -0.123. The highest BCUT2D eigenvalue weighted by Gasteiger charge is 2.20. The Bertz CT molecular complexity index is 1390. The quantitative estimate of drug-likeness (QED) is 0.416. The summed E-state index contributed by atoms with van der Waals surface area (Å²) >= 11 is 0. The third-order valence-electron chi connectivity index (χ3n) is 6.01. The van der Waals surface area contributed by atoms with Gasteiger partial charge in [-0.15, -0.1) is 0 Å². The van der Waals surface area contributed by atoms with Crippen LogP contribution < -0.4 is 26.8 Å². The van der Waals surface area contributed by atoms with Gasteiger partial charge in [0.25, 0.3) is 5.56 Å². The van der Waals surface area contributed by atoms with E-state index in [1.54, 1.807) is 6.20 Å². The first-order valence-electron chi connectivity index (χ1n) is 11.0. The lowest BCUT2D eigenvalue weighted by molar-refractivity contribution is -0.118. The van der Waals surface area contributed by atoms with Crippen molar-refractivity contribution < 1.29 is 9.21 Å². The van der Waals surface area contributed by atoms with Crippen molar-refractivity contribution in [2.45, 2.75) is 19.5 Å². The van der Waals surface area contributed by atoms with Gasteiger partial charge in [0, 0.05) is 43.0 Å². The van der Waals surface area contributed by atoms with Gasteiger partial charge in [0.2, 0.25) is 11.9 Å². The number of aromatic nitrogens is 2. The molecule has 0 saturated carbocycles. The molecule has 0 aliphatic carbocycles. The van der Waals surface area contributed by atoms with E-state index in [0.29, 0.717) is 24.7 Å². The molecule has 4 N–H and O–H groups in total. The molecule has 5 rings (SSSR count). The average Bonchev–Trinajstić information content (AvgIpc) is 3.20. The van der Waals surface area contributed by atoms with Crippen LogP contribution >= 0.6 is 0 Å². The molecule has 1 aliphatic rings. The predicted molar refractivity (Wildman–Crippen MR) is 129 cm³/mol. The van der Waals surface area contributed by atoms with E-state index in [2.05, 4.69) is 21.7 Å². The molecule has 3 heterocycles. The standard InChI is InChI=1S/C24H26N6O3/c1-15(16-6-7-21-18(12-16)17-4-2-3-5-20(17)33-21)28-19-13-27-24(29-10-8-26-9-11-29)30(23(19)32)14-22(25)31/h2-7,12-13,15,26,28H,8-11,14H2,1H3,(H2,25,31). The van der Waals surface area contributed by atoms with Crippen LogP contribution in [0.4, 0.5) is 11.6 Å². The van der Waals surface area contributed by atoms with Crippen LogP contribution in [0.2, 0.25) is 0 Å². The Hall–Kier alpha value is -3.85. The van der Waals surface area contributed by atoms with Crippen LogP contribution in [0.25, 0.3) is 21.9 Å². The summed E-state index contributed by atoms with van der Waals surface area (Å²) in [5, 5.41) is 8.61. The Labute approximate surface area is 190 Å². The van der Waals surface area contributed by atoms with E-state index in [4.69, 9.17) is 10.2 Å². The van der Waals surface area contributed by atoms with Gasteiger partial charge in [0.1, 0.15) is 23.4 Å². The van der Waals surface area contributed by atoms with Crippen molar-refractivity contribution in [2.24, 2.45) is 5.73 Å². The van der Waals surface area contributed by atoms with Crippen molar-refractivity contribution >= 4 is 39.5 Å². The SMILES string of the molecule is CC(Nc1cnc(N2CCNCC2)n(CC(N)=O)c1=O)c1ccc2oc3ccccc3c2c1. The van der Waals surface area contributed by atoms with Gasteiger partial charge in [-0.05, 0) is 30.7 Å². The number of nitrogens with two attached hydrogens (primary N) is 1. The number of primary amides is 1. The molecule has 1 atom stereocenters. The Kier molecular flexibility index (Phi) is 5.47. The highest BCUT2D eigenvalue weighted by atomic mass is 16.3. The first-order chi connectivity index (χ1) is 16.0. The van der Waals surface area contributed by atoms with Crippen LogP contribution in [0.5, 0.6) is 0 Å². The maximum atomic E-state index is 13.3. The normalized spacial score (nSPS) is 15.1. The number of rotatable bonds is 6. The van der Waals surface area contributed by atoms with E-state index < -0.39 is 5.91 Å². The highest BCUT2D eigenvalue weighted by molar-refractivity contribution is 6.05. The summed E-state index contributed by atoms with van der Waals surface area (Å²) < 4.78 is 7.27. The van der Waals surface area contributed by atoms with E-state index >= 15 is 0 Å². The van der Waals surface area contributed by atoms with Crippen LogP contribution in [-0.2, 0) is 11.3 Å². The van der Waals surface area contributed by atoms with Crippen molar-refractivity contribution in [3.63, 3.8) is 0 Å². The lowest BCUT2D eigenvalue weighted by Crippen LogP contribution is -2.46. The summed E-state index contributed by atoms with van der Waals surface area (Å²) in [7, 11) is 0. The predicted octanol–water partition coefficient (Wildman–Crippen LogP) is 2.21. The molecule has 0 radical (unpaired) electrons. The van der Waals surface area contributed by atoms with Crippen LogP contribution in [0.1, 0.15) is 18.5 Å². The van der Waals surface area contributed by atoms with Crippen LogP contribution in [0.3, 0.4) is 0 Å². The fourth-order valence-corrected chi connectivity index (χ4v) is 4.33. The number of piperazine rings is 1. The molecule has 0 spiro atoms. The minimum Gasteiger partial charge on any atom is -0.456 e. The maximum Gasteiger partial charge on any atom is 0.278 e. The Morgan fingerprint density at radius 2 is 1.94 bits per heavy atom. The molecule has 2 aromatic carbocycles. The summed E-state index contributed by atoms with van der Waals surface area (Å²) in [6.07, 6.45) is 1.54. The van der Waals surface area contributed by atoms with Gasteiger partial charge < -0.3 is 25.7 Å². The number of para-hydroxylation sites is 1. The van der Waals surface area contributed by atoms with Gasteiger partial charge in [0.15, 0.2) is 0 Å². The number of hydrogen-bond acceptors (Lipinski definition) is 7. The zero-order valence-corrected chi connectivity index (χ0v) is 18.4. The lowest BCUT2D eigenvalue weighted by atomic mass is 10.0. The number of hydrogen-bond donors (Lipinski definition) is 3. The smallest absolute Gasteiger partial charge is 0.278 e. The first kappa shape index (κ1) is 21.0. The molecule has 1 saturated heterocycles. The molecule has 1 amide bonds. The molecule has 33 heavy (non-hydrogen) atoms. The Morgan fingerprint density at radius 3 is 2.73 bits per heavy atom. The lowest BCUT2D eigenvalue weighted by Gasteiger charge is -2.30. The van der Waals surface area contributed by atoms with E-state index in [0.717, 1.165) is 40.6 Å². The third-order valence-corrected chi connectivity index (χ3v) is 6.01. The summed E-state index contributed by atoms with van der Waals surface area (Å²) in [6, 6.07) is 13.7. The number of anilines is 2. The van der Waals surface area contributed by atoms with Gasteiger partial charge in [0.05, 0.1) is 6.20 Å². The van der Waals surface area contributed by atoms with Gasteiger partial charge in [-0.3, -0.25) is 14.2 Å². The maximum absolute atomic E-state index is 13.3. The highest BCUT2D eigenvalue weighted by Crippen LogP contribution is 2.31. The van der Waals surface area contributed by atoms with E-state index in [-0.39, 0.29) is 18.1 Å². The monoisotopic (exact) mass is 446 g/mol. The fourth-order valence-electron chi connectivity index (χ4n) is 4.33. The second-order valence-corrected chi connectivity index (χ2v) is 8.29. The summed E-state index contributed by atoms with van der Waals surface area (Å²) in [6.45, 7) is 4.73. The number of fused-ring (bicyclic) bond motifs is 3. The minimum absolute atomic E-state index is 0.176. The number of carbonyl (C=O) groups is 1. The van der Waals surface area contributed by atoms with Crippen LogP contribution in [0.15, 0.2) is 57.9 Å². The zero-order valence-electron chi connectivity index (χ0n) is 18.4. The Morgan fingerprint density at radius 1 is 1.18 bits per heavy atom. The van der Waals surface area contributed by atoms with E-state index in [9.17, 15) is 9.59 Å². The molecule has 1 unspecified atom stereocenters. The van der Waals surface area contributed by atoms with E-state index in [1.807, 2.05) is 48.2 Å². The number of nitrogens with one attached hydrogen (secondary N) is 2. The third kappa shape index (κ3) is 4.03. The van der Waals surface area contributed by atoms with Gasteiger partial charge >= 0.3 is 0 Å². The number of furan rings is 1. The number of nitrogens with zero attached hydrogens (tertiary/aromatic N) is 3. The molecule has 1 fully saturated rings. The number of amides is 1. The number of carbonyl (C=O) groups excluding carboxylic acids is 1. The molecule has 9 nitrogen and oxygen atoms in total. The van der Waals surface area contributed by atoms with Crippen molar-refractivity contribution in [1.29, 1.82) is 0 Å². The van der Waals surface area contributed by atoms with Crippen molar-refractivity contribution in [2.75, 3.05) is 36.4 Å².